The number of halogens is 2. The molecule has 3 aromatic rings. The van der Waals surface area contributed by atoms with Crippen LogP contribution in [0.3, 0.4) is 0 Å². The fourth-order valence-electron chi connectivity index (χ4n) is 5.00. The number of aliphatic hydroxyl groups excluding tert-OH is 1. The standard InChI is InChI=1S/C26H23F2N3O3/c27-18-4-3-5-19(12-18)29-26(34)30-13-22-25(23(15-32)31(22)24(33)14-30)17-10-8-16(9-11-17)20-6-1-2-7-21(20)28/h1-12,22-23,25,32H,13-15H2,(H,29,34)/t22-,23+,25+/m0/s1. The number of hydrogen-bond donors (Lipinski definition) is 2. The Balaban J connectivity index is 1.35. The lowest BCUT2D eigenvalue weighted by Crippen LogP contribution is -2.73. The van der Waals surface area contributed by atoms with E-state index in [4.69, 9.17) is 0 Å². The zero-order valence-corrected chi connectivity index (χ0v) is 18.2. The van der Waals surface area contributed by atoms with Gasteiger partial charge < -0.3 is 20.2 Å². The van der Waals surface area contributed by atoms with Crippen molar-refractivity contribution in [2.45, 2.75) is 18.0 Å². The number of benzene rings is 3. The second kappa shape index (κ2) is 8.87. The van der Waals surface area contributed by atoms with Crippen LogP contribution in [0.15, 0.2) is 72.8 Å². The molecule has 6 nitrogen and oxygen atoms in total. The topological polar surface area (TPSA) is 72.9 Å². The van der Waals surface area contributed by atoms with Gasteiger partial charge in [0.2, 0.25) is 5.91 Å². The predicted molar refractivity (Wildman–Crippen MR) is 123 cm³/mol. The van der Waals surface area contributed by atoms with E-state index in [9.17, 15) is 23.5 Å². The van der Waals surface area contributed by atoms with E-state index in [1.165, 1.54) is 29.2 Å². The molecule has 2 fully saturated rings. The minimum Gasteiger partial charge on any atom is -0.394 e. The molecule has 0 bridgehead atoms. The van der Waals surface area contributed by atoms with Crippen LogP contribution in [-0.2, 0) is 4.79 Å². The second-order valence-electron chi connectivity index (χ2n) is 8.57. The lowest BCUT2D eigenvalue weighted by molar-refractivity contribution is -0.159. The monoisotopic (exact) mass is 463 g/mol. The summed E-state index contributed by atoms with van der Waals surface area (Å²) in [5.41, 5.74) is 2.44. The van der Waals surface area contributed by atoms with E-state index in [1.54, 1.807) is 29.2 Å². The van der Waals surface area contributed by atoms with E-state index in [1.807, 2.05) is 24.3 Å². The highest BCUT2D eigenvalue weighted by molar-refractivity contribution is 5.93. The largest absolute Gasteiger partial charge is 0.394 e. The van der Waals surface area contributed by atoms with E-state index in [0.29, 0.717) is 11.3 Å². The number of carbonyl (C=O) groups excluding carboxylic acids is 2. The van der Waals surface area contributed by atoms with Gasteiger partial charge in [-0.05, 0) is 35.4 Å². The minimum atomic E-state index is -0.486. The van der Waals surface area contributed by atoms with Crippen LogP contribution in [0.2, 0.25) is 0 Å². The molecule has 0 radical (unpaired) electrons. The Labute approximate surface area is 195 Å². The lowest BCUT2D eigenvalue weighted by Gasteiger charge is -2.58. The Kier molecular flexibility index (Phi) is 5.75. The summed E-state index contributed by atoms with van der Waals surface area (Å²) in [5.74, 6) is -1.20. The van der Waals surface area contributed by atoms with Crippen LogP contribution in [0, 0.1) is 11.6 Å². The van der Waals surface area contributed by atoms with Crippen LogP contribution in [0.1, 0.15) is 11.5 Å². The zero-order chi connectivity index (χ0) is 23.8. The Morgan fingerprint density at radius 2 is 1.79 bits per heavy atom. The summed E-state index contributed by atoms with van der Waals surface area (Å²) in [6.45, 7) is -0.0341. The van der Waals surface area contributed by atoms with Crippen molar-refractivity contribution >= 4 is 17.6 Å². The Bertz CT molecular complexity index is 1230. The maximum Gasteiger partial charge on any atom is 0.322 e. The van der Waals surface area contributed by atoms with Crippen LogP contribution >= 0.6 is 0 Å². The Morgan fingerprint density at radius 1 is 1.03 bits per heavy atom. The average molecular weight is 463 g/mol. The van der Waals surface area contributed by atoms with Crippen molar-refractivity contribution in [3.63, 3.8) is 0 Å². The molecule has 2 saturated heterocycles. The van der Waals surface area contributed by atoms with E-state index in [2.05, 4.69) is 5.32 Å². The smallest absolute Gasteiger partial charge is 0.322 e. The molecule has 2 aliphatic heterocycles. The molecule has 2 heterocycles. The minimum absolute atomic E-state index is 0.118. The summed E-state index contributed by atoms with van der Waals surface area (Å²) in [4.78, 5) is 28.6. The average Bonchev–Trinajstić information content (AvgIpc) is 2.81. The van der Waals surface area contributed by atoms with Crippen molar-refractivity contribution in [2.75, 3.05) is 25.0 Å². The highest BCUT2D eigenvalue weighted by atomic mass is 19.1. The van der Waals surface area contributed by atoms with Crippen molar-refractivity contribution in [3.05, 3.63) is 90.0 Å². The van der Waals surface area contributed by atoms with Crippen molar-refractivity contribution in [3.8, 4) is 11.1 Å². The molecule has 3 aromatic carbocycles. The number of nitrogens with one attached hydrogen (secondary N) is 1. The fourth-order valence-corrected chi connectivity index (χ4v) is 5.00. The van der Waals surface area contributed by atoms with Gasteiger partial charge in [-0.3, -0.25) is 4.79 Å². The van der Waals surface area contributed by atoms with Crippen LogP contribution in [0.4, 0.5) is 19.3 Å². The van der Waals surface area contributed by atoms with Gasteiger partial charge >= 0.3 is 6.03 Å². The maximum atomic E-state index is 14.1. The Morgan fingerprint density at radius 3 is 2.50 bits per heavy atom. The quantitative estimate of drug-likeness (QED) is 0.618. The third-order valence-corrected chi connectivity index (χ3v) is 6.60. The van der Waals surface area contributed by atoms with Gasteiger partial charge in [0, 0.05) is 23.7 Å². The molecule has 0 aliphatic carbocycles. The van der Waals surface area contributed by atoms with Gasteiger partial charge in [0.15, 0.2) is 0 Å². The predicted octanol–water partition coefficient (Wildman–Crippen LogP) is 3.83. The number of nitrogens with zero attached hydrogens (tertiary/aromatic N) is 2. The SMILES string of the molecule is O=C(Nc1cccc(F)c1)N1CC(=O)N2[C@H](CO)[C@H](c3ccc(-c4ccccc4F)cc3)[C@@H]2C1. The summed E-state index contributed by atoms with van der Waals surface area (Å²) >= 11 is 0. The van der Waals surface area contributed by atoms with Crippen molar-refractivity contribution in [2.24, 2.45) is 0 Å². The van der Waals surface area contributed by atoms with Gasteiger partial charge in [0.05, 0.1) is 18.7 Å². The number of rotatable bonds is 4. The first-order chi connectivity index (χ1) is 16.5. The van der Waals surface area contributed by atoms with Crippen LogP contribution in [0.25, 0.3) is 11.1 Å². The first-order valence-corrected chi connectivity index (χ1v) is 11.0. The molecule has 5 rings (SSSR count). The highest BCUT2D eigenvalue weighted by Crippen LogP contribution is 2.43. The molecule has 3 atom stereocenters. The number of anilines is 1. The lowest BCUT2D eigenvalue weighted by atomic mass is 9.73. The van der Waals surface area contributed by atoms with Gasteiger partial charge in [-0.25, -0.2) is 13.6 Å². The molecular formula is C26H23F2N3O3. The number of fused-ring (bicyclic) bond motifs is 1. The first-order valence-electron chi connectivity index (χ1n) is 11.0. The van der Waals surface area contributed by atoms with E-state index >= 15 is 0 Å². The number of aliphatic hydroxyl groups is 1. The fraction of sp³-hybridized carbons (Fsp3) is 0.231. The molecule has 3 amide bonds. The normalized spacial score (nSPS) is 21.6. The van der Waals surface area contributed by atoms with Crippen LogP contribution in [-0.4, -0.2) is 58.6 Å². The van der Waals surface area contributed by atoms with Gasteiger partial charge in [-0.15, -0.1) is 0 Å². The number of piperazine rings is 1. The number of urea groups is 1. The molecule has 34 heavy (non-hydrogen) atoms. The summed E-state index contributed by atoms with van der Waals surface area (Å²) in [6, 6.07) is 18.3. The van der Waals surface area contributed by atoms with E-state index in [0.717, 1.165) is 11.1 Å². The highest BCUT2D eigenvalue weighted by Gasteiger charge is 2.54. The number of amides is 3. The van der Waals surface area contributed by atoms with Crippen molar-refractivity contribution < 1.29 is 23.5 Å². The molecule has 174 valence electrons. The molecule has 8 heteroatoms. The summed E-state index contributed by atoms with van der Waals surface area (Å²) in [6.07, 6.45) is 0. The van der Waals surface area contributed by atoms with Crippen molar-refractivity contribution in [1.29, 1.82) is 0 Å². The van der Waals surface area contributed by atoms with E-state index in [-0.39, 0.29) is 49.4 Å². The second-order valence-corrected chi connectivity index (χ2v) is 8.57. The molecule has 0 spiro atoms. The molecule has 2 N–H and O–H groups in total. The molecule has 0 aromatic heterocycles. The maximum absolute atomic E-state index is 14.1. The first kappa shape index (κ1) is 22.0. The van der Waals surface area contributed by atoms with Crippen LogP contribution < -0.4 is 5.32 Å². The third-order valence-electron chi connectivity index (χ3n) is 6.60. The third kappa shape index (κ3) is 3.90. The summed E-state index contributed by atoms with van der Waals surface area (Å²) in [5, 5.41) is 12.6. The van der Waals surface area contributed by atoms with Crippen LogP contribution in [0.5, 0.6) is 0 Å². The number of hydrogen-bond acceptors (Lipinski definition) is 3. The number of carbonyl (C=O) groups is 2. The molecule has 0 saturated carbocycles. The van der Waals surface area contributed by atoms with E-state index < -0.39 is 11.8 Å². The molecular weight excluding hydrogens is 440 g/mol. The van der Waals surface area contributed by atoms with Gasteiger partial charge in [-0.2, -0.15) is 0 Å². The van der Waals surface area contributed by atoms with Gasteiger partial charge in [-0.1, -0.05) is 48.5 Å². The summed E-state index contributed by atoms with van der Waals surface area (Å²) < 4.78 is 27.6. The van der Waals surface area contributed by atoms with Crippen molar-refractivity contribution in [1.82, 2.24) is 9.80 Å². The van der Waals surface area contributed by atoms with Gasteiger partial charge in [0.25, 0.3) is 0 Å². The molecule has 0 unspecified atom stereocenters. The summed E-state index contributed by atoms with van der Waals surface area (Å²) in [7, 11) is 0. The Hall–Kier alpha value is -3.78. The zero-order valence-electron chi connectivity index (χ0n) is 18.2. The molecule has 2 aliphatic rings. The van der Waals surface area contributed by atoms with Gasteiger partial charge in [0.1, 0.15) is 18.2 Å².